The maximum absolute atomic E-state index is 13.0. The molecule has 0 fully saturated rings. The lowest BCUT2D eigenvalue weighted by atomic mass is 10.1. The second-order valence-electron chi connectivity index (χ2n) is 7.32. The van der Waals surface area contributed by atoms with Gasteiger partial charge < -0.3 is 10.6 Å². The molecule has 0 aliphatic carbocycles. The molecule has 2 amide bonds. The molecule has 4 aromatic rings. The number of fused-ring (bicyclic) bond motifs is 1. The van der Waals surface area contributed by atoms with Crippen molar-refractivity contribution in [2.75, 3.05) is 11.9 Å². The summed E-state index contributed by atoms with van der Waals surface area (Å²) in [4.78, 5) is 43.3. The number of carbonyl (C=O) groups is 2. The summed E-state index contributed by atoms with van der Waals surface area (Å²) in [7, 11) is 0. The molecule has 4 rings (SSSR count). The zero-order chi connectivity index (χ0) is 22.5. The van der Waals surface area contributed by atoms with Gasteiger partial charge in [0.05, 0.1) is 16.6 Å². The molecule has 2 N–H and O–H groups in total. The number of anilines is 1. The first-order chi connectivity index (χ1) is 15.5. The number of nitrogens with zero attached hydrogens (tertiary/aromatic N) is 2. The fourth-order valence-electron chi connectivity index (χ4n) is 3.40. The highest BCUT2D eigenvalue weighted by Crippen LogP contribution is 2.27. The van der Waals surface area contributed by atoms with E-state index in [4.69, 9.17) is 0 Å². The number of aromatic nitrogens is 2. The third-order valence-electron chi connectivity index (χ3n) is 5.05. The van der Waals surface area contributed by atoms with E-state index in [-0.39, 0.29) is 23.9 Å². The van der Waals surface area contributed by atoms with Gasteiger partial charge in [-0.05, 0) is 36.6 Å². The normalized spacial score (nSPS) is 10.8. The number of aryl methyl sites for hydroxylation is 1. The summed E-state index contributed by atoms with van der Waals surface area (Å²) in [6.07, 6.45) is 2.07. The van der Waals surface area contributed by atoms with Gasteiger partial charge in [0.2, 0.25) is 5.91 Å². The lowest BCUT2D eigenvalue weighted by molar-refractivity contribution is -0.121. The largest absolute Gasteiger partial charge is 0.354 e. The Bertz CT molecular complexity index is 1310. The second kappa shape index (κ2) is 9.57. The van der Waals surface area contributed by atoms with Crippen LogP contribution in [0.1, 0.15) is 20.8 Å². The summed E-state index contributed by atoms with van der Waals surface area (Å²) in [5, 5.41) is 6.03. The monoisotopic (exact) mass is 446 g/mol. The van der Waals surface area contributed by atoms with Crippen LogP contribution in [0.5, 0.6) is 0 Å². The van der Waals surface area contributed by atoms with Crippen molar-refractivity contribution in [2.24, 2.45) is 0 Å². The predicted octanol–water partition coefficient (Wildman–Crippen LogP) is 3.38. The number of hydrogen-bond acceptors (Lipinski definition) is 5. The van der Waals surface area contributed by atoms with E-state index in [2.05, 4.69) is 15.6 Å². The molecule has 0 saturated carbocycles. The van der Waals surface area contributed by atoms with Crippen LogP contribution in [-0.4, -0.2) is 27.9 Å². The molecular formula is C24H22N4O3S. The highest BCUT2D eigenvalue weighted by Gasteiger charge is 2.20. The minimum Gasteiger partial charge on any atom is -0.354 e. The number of nitrogens with one attached hydrogen (secondary N) is 2. The van der Waals surface area contributed by atoms with Gasteiger partial charge in [0.25, 0.3) is 11.5 Å². The van der Waals surface area contributed by atoms with Crippen molar-refractivity contribution in [2.45, 2.75) is 19.9 Å². The number of thiophene rings is 1. The van der Waals surface area contributed by atoms with E-state index in [1.807, 2.05) is 48.5 Å². The highest BCUT2D eigenvalue weighted by molar-refractivity contribution is 7.20. The van der Waals surface area contributed by atoms with Crippen molar-refractivity contribution >= 4 is 39.1 Å². The molecule has 0 aliphatic rings. The first-order valence-corrected chi connectivity index (χ1v) is 11.0. The molecule has 0 bridgehead atoms. The van der Waals surface area contributed by atoms with Crippen LogP contribution < -0.4 is 16.2 Å². The predicted molar refractivity (Wildman–Crippen MR) is 126 cm³/mol. The molecule has 0 atom stereocenters. The second-order valence-corrected chi connectivity index (χ2v) is 8.32. The van der Waals surface area contributed by atoms with E-state index in [1.165, 1.54) is 22.2 Å². The van der Waals surface area contributed by atoms with E-state index in [1.54, 1.807) is 19.1 Å². The Morgan fingerprint density at radius 1 is 1.03 bits per heavy atom. The minimum atomic E-state index is -0.333. The van der Waals surface area contributed by atoms with Gasteiger partial charge >= 0.3 is 0 Å². The Labute approximate surface area is 188 Å². The average Bonchev–Trinajstić information content (AvgIpc) is 3.14. The molecule has 7 nitrogen and oxygen atoms in total. The summed E-state index contributed by atoms with van der Waals surface area (Å²) in [5.74, 6) is -0.555. The van der Waals surface area contributed by atoms with Gasteiger partial charge in [0.15, 0.2) is 0 Å². The third-order valence-corrected chi connectivity index (χ3v) is 6.25. The van der Waals surface area contributed by atoms with Crippen molar-refractivity contribution in [3.63, 3.8) is 0 Å². The molecule has 8 heteroatoms. The van der Waals surface area contributed by atoms with Gasteiger partial charge in [0, 0.05) is 12.2 Å². The van der Waals surface area contributed by atoms with E-state index in [0.717, 1.165) is 5.56 Å². The fraction of sp³-hybridized carbons (Fsp3) is 0.167. The van der Waals surface area contributed by atoms with Crippen LogP contribution in [0.4, 0.5) is 5.69 Å². The summed E-state index contributed by atoms with van der Waals surface area (Å²) in [5.41, 5.74) is 2.03. The van der Waals surface area contributed by atoms with Crippen LogP contribution in [0.15, 0.2) is 71.8 Å². The van der Waals surface area contributed by atoms with Gasteiger partial charge in [-0.15, -0.1) is 11.3 Å². The van der Waals surface area contributed by atoms with Crippen LogP contribution in [0, 0.1) is 6.92 Å². The maximum atomic E-state index is 13.0. The summed E-state index contributed by atoms with van der Waals surface area (Å²) in [6, 6.07) is 19.0. The molecule has 2 heterocycles. The lowest BCUT2D eigenvalue weighted by Gasteiger charge is -2.07. The molecule has 0 spiro atoms. The van der Waals surface area contributed by atoms with Crippen molar-refractivity contribution < 1.29 is 9.59 Å². The zero-order valence-electron chi connectivity index (χ0n) is 17.5. The summed E-state index contributed by atoms with van der Waals surface area (Å²) >= 11 is 1.17. The zero-order valence-corrected chi connectivity index (χ0v) is 18.3. The molecule has 0 aliphatic heterocycles. The third kappa shape index (κ3) is 4.76. The minimum absolute atomic E-state index is 0.128. The standard InChI is InChI=1S/C24H22N4O3S/c1-16-20-23(32-21(16)22(30)27-18-10-6-3-7-11-18)26-15-28(24(20)31)14-19(29)25-13-12-17-8-4-2-5-9-17/h2-11,15H,12-14H2,1H3,(H,25,29)(H,27,30). The van der Waals surface area contributed by atoms with E-state index < -0.39 is 0 Å². The van der Waals surface area contributed by atoms with Crippen molar-refractivity contribution in [3.05, 3.63) is 93.3 Å². The Morgan fingerprint density at radius 3 is 2.44 bits per heavy atom. The van der Waals surface area contributed by atoms with Crippen LogP contribution in [-0.2, 0) is 17.8 Å². The Morgan fingerprint density at radius 2 is 1.72 bits per heavy atom. The van der Waals surface area contributed by atoms with Crippen molar-refractivity contribution in [1.29, 1.82) is 0 Å². The molecule has 2 aromatic carbocycles. The fourth-order valence-corrected chi connectivity index (χ4v) is 4.43. The van der Waals surface area contributed by atoms with E-state index >= 15 is 0 Å². The van der Waals surface area contributed by atoms with Gasteiger partial charge in [0.1, 0.15) is 11.4 Å². The molecule has 2 aromatic heterocycles. The number of carbonyl (C=O) groups excluding carboxylic acids is 2. The van der Waals surface area contributed by atoms with Crippen molar-refractivity contribution in [1.82, 2.24) is 14.9 Å². The van der Waals surface area contributed by atoms with Crippen LogP contribution in [0.25, 0.3) is 10.2 Å². The summed E-state index contributed by atoms with van der Waals surface area (Å²) in [6.45, 7) is 2.08. The van der Waals surface area contributed by atoms with E-state index in [0.29, 0.717) is 39.3 Å². The smallest absolute Gasteiger partial charge is 0.266 e. The number of hydrogen-bond donors (Lipinski definition) is 2. The van der Waals surface area contributed by atoms with Crippen LogP contribution in [0.3, 0.4) is 0 Å². The molecule has 32 heavy (non-hydrogen) atoms. The van der Waals surface area contributed by atoms with Gasteiger partial charge in [-0.2, -0.15) is 0 Å². The molecule has 162 valence electrons. The Balaban J connectivity index is 1.47. The highest BCUT2D eigenvalue weighted by atomic mass is 32.1. The Kier molecular flexibility index (Phi) is 6.42. The number of amides is 2. The molecule has 0 saturated heterocycles. The van der Waals surface area contributed by atoms with E-state index in [9.17, 15) is 14.4 Å². The Hall–Kier alpha value is -3.78. The topological polar surface area (TPSA) is 93.1 Å². The van der Waals surface area contributed by atoms with Gasteiger partial charge in [-0.1, -0.05) is 48.5 Å². The van der Waals surface area contributed by atoms with Crippen LogP contribution >= 0.6 is 11.3 Å². The van der Waals surface area contributed by atoms with Gasteiger partial charge in [-0.3, -0.25) is 19.0 Å². The number of rotatable bonds is 7. The van der Waals surface area contributed by atoms with Crippen LogP contribution in [0.2, 0.25) is 0 Å². The molecule has 0 radical (unpaired) electrons. The van der Waals surface area contributed by atoms with Gasteiger partial charge in [-0.25, -0.2) is 4.98 Å². The number of benzene rings is 2. The first-order valence-electron chi connectivity index (χ1n) is 10.2. The molecular weight excluding hydrogens is 424 g/mol. The lowest BCUT2D eigenvalue weighted by Crippen LogP contribution is -2.33. The number of para-hydroxylation sites is 1. The SMILES string of the molecule is Cc1c(C(=O)Nc2ccccc2)sc2ncn(CC(=O)NCCc3ccccc3)c(=O)c12. The first kappa shape index (κ1) is 21.5. The maximum Gasteiger partial charge on any atom is 0.266 e. The van der Waals surface area contributed by atoms with Crippen molar-refractivity contribution in [3.8, 4) is 0 Å². The average molecular weight is 447 g/mol. The quantitative estimate of drug-likeness (QED) is 0.455. The molecule has 0 unspecified atom stereocenters. The summed E-state index contributed by atoms with van der Waals surface area (Å²) < 4.78 is 1.28.